The van der Waals surface area contributed by atoms with Crippen LogP contribution in [0.15, 0.2) is 91.0 Å². The molecule has 0 unspecified atom stereocenters. The number of benzene rings is 5. The van der Waals surface area contributed by atoms with Crippen LogP contribution in [0.4, 0.5) is 34.1 Å². The zero-order chi connectivity index (χ0) is 47.1. The van der Waals surface area contributed by atoms with Gasteiger partial charge in [-0.3, -0.25) is 0 Å². The van der Waals surface area contributed by atoms with E-state index in [4.69, 9.17) is 0 Å². The van der Waals surface area contributed by atoms with E-state index in [0.29, 0.717) is 0 Å². The van der Waals surface area contributed by atoms with E-state index in [2.05, 4.69) is 218 Å². The molecule has 0 amide bonds. The molecule has 0 aliphatic heterocycles. The first-order chi connectivity index (χ1) is 30.0. The van der Waals surface area contributed by atoms with Gasteiger partial charge in [-0.2, -0.15) is 0 Å². The van der Waals surface area contributed by atoms with Crippen LogP contribution >= 0.6 is 0 Å². The molecular formula is C63H82N2. The minimum Gasteiger partial charge on any atom is -0.310 e. The molecule has 0 N–H and O–H groups in total. The van der Waals surface area contributed by atoms with E-state index in [1.807, 2.05) is 0 Å². The second-order valence-electron chi connectivity index (χ2n) is 26.7. The zero-order valence-electron chi connectivity index (χ0n) is 43.7. The summed E-state index contributed by atoms with van der Waals surface area (Å²) in [5.41, 5.74) is 21.5. The lowest BCUT2D eigenvalue weighted by molar-refractivity contribution is 0.332. The number of aryl methyl sites for hydroxylation is 1. The Kier molecular flexibility index (Phi) is 10.5. The largest absolute Gasteiger partial charge is 0.310 e. The fourth-order valence-corrected chi connectivity index (χ4v) is 12.8. The van der Waals surface area contributed by atoms with Gasteiger partial charge in [0.2, 0.25) is 0 Å². The number of hydrogen-bond acceptors (Lipinski definition) is 2. The summed E-state index contributed by atoms with van der Waals surface area (Å²) in [6.45, 7) is 41.5. The van der Waals surface area contributed by atoms with Crippen LogP contribution in [0.25, 0.3) is 0 Å². The first-order valence-electron chi connectivity index (χ1n) is 25.4. The zero-order valence-corrected chi connectivity index (χ0v) is 43.7. The molecule has 0 fully saturated rings. The van der Waals surface area contributed by atoms with E-state index in [1.165, 1.54) is 136 Å². The molecule has 344 valence electrons. The summed E-state index contributed by atoms with van der Waals surface area (Å²) < 4.78 is 0. The third-order valence-corrected chi connectivity index (χ3v) is 17.9. The molecule has 2 nitrogen and oxygen atoms in total. The molecule has 0 heterocycles. The molecule has 4 aliphatic rings. The van der Waals surface area contributed by atoms with E-state index < -0.39 is 0 Å². The minimum absolute atomic E-state index is 0.0898. The standard InChI is InChI=1S/C63H82N2/c1-41-34-46(64(42-18-22-48-52(37-42)60(10,11)30-26-56(48,2)3)43-19-23-49-53(38-43)61(12,13)31-27-57(49,4)5)36-47(35-41)65(44-20-24-50-54(39-44)62(14,15)32-28-58(50,6)7)45-21-25-51-55(40-45)63(16,17)33-29-59(51,8)9/h18-25,34-40H,26-33H2,1-17H3. The van der Waals surface area contributed by atoms with Crippen molar-refractivity contribution < 1.29 is 0 Å². The molecule has 4 aliphatic carbocycles. The van der Waals surface area contributed by atoms with Crippen LogP contribution in [0.5, 0.6) is 0 Å². The fourth-order valence-electron chi connectivity index (χ4n) is 12.8. The highest BCUT2D eigenvalue weighted by Crippen LogP contribution is 2.54. The van der Waals surface area contributed by atoms with Gasteiger partial charge >= 0.3 is 0 Å². The summed E-state index contributed by atoms with van der Waals surface area (Å²) in [4.78, 5) is 5.20. The highest BCUT2D eigenvalue weighted by Gasteiger charge is 2.42. The van der Waals surface area contributed by atoms with Crippen LogP contribution in [-0.4, -0.2) is 0 Å². The topological polar surface area (TPSA) is 6.48 Å². The lowest BCUT2D eigenvalue weighted by atomic mass is 9.63. The van der Waals surface area contributed by atoms with E-state index in [1.54, 1.807) is 0 Å². The Labute approximate surface area is 395 Å². The van der Waals surface area contributed by atoms with Gasteiger partial charge in [-0.25, -0.2) is 0 Å². The van der Waals surface area contributed by atoms with Gasteiger partial charge in [0, 0.05) is 34.1 Å². The number of anilines is 6. The molecule has 0 aromatic heterocycles. The maximum atomic E-state index is 2.60. The van der Waals surface area contributed by atoms with Gasteiger partial charge < -0.3 is 9.80 Å². The molecular weight excluding hydrogens is 785 g/mol. The van der Waals surface area contributed by atoms with Crippen LogP contribution in [0.2, 0.25) is 0 Å². The van der Waals surface area contributed by atoms with Crippen molar-refractivity contribution in [2.45, 2.75) is 212 Å². The SMILES string of the molecule is Cc1cc(N(c2ccc3c(c2)C(C)(C)CCC3(C)C)c2ccc3c(c2)C(C)(C)CCC3(C)C)cc(N(c2ccc3c(c2)C(C)(C)CCC3(C)C)c2ccc3c(c2)C(C)(C)CCC3(C)C)c1. The summed E-state index contributed by atoms with van der Waals surface area (Å²) >= 11 is 0. The quantitative estimate of drug-likeness (QED) is 0.168. The van der Waals surface area contributed by atoms with Crippen molar-refractivity contribution in [3.8, 4) is 0 Å². The van der Waals surface area contributed by atoms with Gasteiger partial charge in [-0.1, -0.05) is 135 Å². The van der Waals surface area contributed by atoms with Crippen LogP contribution < -0.4 is 9.80 Å². The molecule has 0 bridgehead atoms. The predicted octanol–water partition coefficient (Wildman–Crippen LogP) is 18.3. The Morgan fingerprint density at radius 2 is 0.446 bits per heavy atom. The van der Waals surface area contributed by atoms with Crippen molar-refractivity contribution in [2.24, 2.45) is 0 Å². The Morgan fingerprint density at radius 1 is 0.246 bits per heavy atom. The van der Waals surface area contributed by atoms with Crippen molar-refractivity contribution >= 4 is 34.1 Å². The maximum absolute atomic E-state index is 2.60. The van der Waals surface area contributed by atoms with Gasteiger partial charge in [0.05, 0.1) is 0 Å². The van der Waals surface area contributed by atoms with Crippen molar-refractivity contribution in [2.75, 3.05) is 9.80 Å². The van der Waals surface area contributed by atoms with Gasteiger partial charge in [0.1, 0.15) is 0 Å². The third-order valence-electron chi connectivity index (χ3n) is 17.9. The van der Waals surface area contributed by atoms with Crippen molar-refractivity contribution in [1.82, 2.24) is 0 Å². The normalized spacial score (nSPS) is 22.1. The molecule has 9 rings (SSSR count). The molecule has 0 saturated carbocycles. The average Bonchev–Trinajstić information content (AvgIpc) is 3.22. The van der Waals surface area contributed by atoms with Crippen LogP contribution in [0.3, 0.4) is 0 Å². The molecule has 0 saturated heterocycles. The van der Waals surface area contributed by atoms with E-state index in [9.17, 15) is 0 Å². The smallest absolute Gasteiger partial charge is 0.0485 e. The fraction of sp³-hybridized carbons (Fsp3) is 0.524. The monoisotopic (exact) mass is 867 g/mol. The Hall–Kier alpha value is -4.30. The van der Waals surface area contributed by atoms with E-state index >= 15 is 0 Å². The molecule has 2 heteroatoms. The Bertz CT molecular complexity index is 2350. The van der Waals surface area contributed by atoms with Gasteiger partial charge in [-0.15, -0.1) is 0 Å². The number of nitrogens with zero attached hydrogens (tertiary/aromatic N) is 2. The predicted molar refractivity (Wildman–Crippen MR) is 282 cm³/mol. The third kappa shape index (κ3) is 7.79. The molecule has 65 heavy (non-hydrogen) atoms. The Balaban J connectivity index is 1.30. The molecule has 5 aromatic carbocycles. The lowest BCUT2D eigenvalue weighted by Crippen LogP contribution is -2.34. The molecule has 0 atom stereocenters. The maximum Gasteiger partial charge on any atom is 0.0485 e. The van der Waals surface area contributed by atoms with Gasteiger partial charge in [-0.05, 0) is 218 Å². The number of hydrogen-bond donors (Lipinski definition) is 0. The van der Waals surface area contributed by atoms with Crippen LogP contribution in [-0.2, 0) is 43.3 Å². The number of rotatable bonds is 6. The second-order valence-corrected chi connectivity index (χ2v) is 26.7. The average molecular weight is 867 g/mol. The molecule has 0 spiro atoms. The van der Waals surface area contributed by atoms with E-state index in [-0.39, 0.29) is 43.3 Å². The first-order valence-corrected chi connectivity index (χ1v) is 25.4. The van der Waals surface area contributed by atoms with Crippen molar-refractivity contribution in [3.63, 3.8) is 0 Å². The van der Waals surface area contributed by atoms with Crippen molar-refractivity contribution in [1.29, 1.82) is 0 Å². The summed E-state index contributed by atoms with van der Waals surface area (Å²) in [6, 6.07) is 37.2. The number of fused-ring (bicyclic) bond motifs is 4. The summed E-state index contributed by atoms with van der Waals surface area (Å²) in [7, 11) is 0. The summed E-state index contributed by atoms with van der Waals surface area (Å²) in [5, 5.41) is 0. The van der Waals surface area contributed by atoms with Gasteiger partial charge in [0.25, 0.3) is 0 Å². The van der Waals surface area contributed by atoms with Crippen LogP contribution in [0.1, 0.15) is 212 Å². The first kappa shape index (κ1) is 45.8. The second kappa shape index (κ2) is 14.8. The van der Waals surface area contributed by atoms with Crippen LogP contribution in [0, 0.1) is 6.92 Å². The summed E-state index contributed by atoms with van der Waals surface area (Å²) in [6.07, 6.45) is 9.57. The Morgan fingerprint density at radius 3 is 0.662 bits per heavy atom. The lowest BCUT2D eigenvalue weighted by Gasteiger charge is -2.44. The minimum atomic E-state index is 0.0898. The van der Waals surface area contributed by atoms with E-state index in [0.717, 1.165) is 0 Å². The summed E-state index contributed by atoms with van der Waals surface area (Å²) in [5.74, 6) is 0. The van der Waals surface area contributed by atoms with Gasteiger partial charge in [0.15, 0.2) is 0 Å². The molecule has 0 radical (unpaired) electrons. The van der Waals surface area contributed by atoms with Crippen molar-refractivity contribution in [3.05, 3.63) is 141 Å². The molecule has 5 aromatic rings. The highest BCUT2D eigenvalue weighted by molar-refractivity contribution is 5.85. The highest BCUT2D eigenvalue weighted by atomic mass is 15.2.